The van der Waals surface area contributed by atoms with E-state index in [-0.39, 0.29) is 23.9 Å². The molecule has 1 aliphatic heterocycles. The summed E-state index contributed by atoms with van der Waals surface area (Å²) in [7, 11) is 0. The Morgan fingerprint density at radius 2 is 2.05 bits per heavy atom. The number of aromatic hydroxyl groups is 1. The number of aliphatic hydroxyl groups is 1. The van der Waals surface area contributed by atoms with Gasteiger partial charge in [0.05, 0.1) is 11.5 Å². The zero-order chi connectivity index (χ0) is 14.7. The second kappa shape index (κ2) is 5.65. The van der Waals surface area contributed by atoms with Gasteiger partial charge in [-0.1, -0.05) is 24.8 Å². The van der Waals surface area contributed by atoms with Crippen LogP contribution in [0.4, 0.5) is 0 Å². The molecule has 2 N–H and O–H groups in total. The third kappa shape index (κ3) is 2.74. The minimum Gasteiger partial charge on any atom is -0.508 e. The molecule has 1 aromatic rings. The van der Waals surface area contributed by atoms with E-state index >= 15 is 0 Å². The number of rotatable bonds is 2. The van der Waals surface area contributed by atoms with E-state index in [9.17, 15) is 15.0 Å². The van der Waals surface area contributed by atoms with Gasteiger partial charge < -0.3 is 14.9 Å². The molecule has 1 atom stereocenters. The van der Waals surface area contributed by atoms with Gasteiger partial charge in [0.1, 0.15) is 23.9 Å². The monoisotopic (exact) mass is 272 g/mol. The Morgan fingerprint density at radius 3 is 2.60 bits per heavy atom. The molecule has 1 aliphatic rings. The van der Waals surface area contributed by atoms with Gasteiger partial charge in [-0.3, -0.25) is 4.79 Å². The minimum absolute atomic E-state index is 0.0723. The summed E-state index contributed by atoms with van der Waals surface area (Å²) in [6.45, 7) is 5.30. The van der Waals surface area contributed by atoms with Gasteiger partial charge in [-0.05, 0) is 24.6 Å². The van der Waals surface area contributed by atoms with E-state index in [2.05, 4.69) is 6.58 Å². The van der Waals surface area contributed by atoms with Gasteiger partial charge >= 0.3 is 0 Å². The molecule has 2 rings (SSSR count). The highest BCUT2D eigenvalue weighted by Gasteiger charge is 2.32. The fourth-order valence-electron chi connectivity index (χ4n) is 2.15. The number of carbonyl (C=O) groups is 1. The molecule has 0 saturated carbocycles. The lowest BCUT2D eigenvalue weighted by molar-refractivity contribution is -0.119. The number of aliphatic hydroxyl groups excluding tert-OH is 1. The predicted molar refractivity (Wildman–Crippen MR) is 75.4 cm³/mol. The maximum Gasteiger partial charge on any atom is 0.177 e. The molecule has 104 valence electrons. The highest BCUT2D eigenvalue weighted by Crippen LogP contribution is 2.31. The van der Waals surface area contributed by atoms with Crippen LogP contribution >= 0.6 is 0 Å². The number of Topliss-reactive ketones (excluding diaryl/α,β-unsaturated/α-hetero) is 1. The van der Waals surface area contributed by atoms with Gasteiger partial charge in [0, 0.05) is 6.08 Å². The summed E-state index contributed by atoms with van der Waals surface area (Å²) < 4.78 is 5.55. The van der Waals surface area contributed by atoms with Crippen molar-refractivity contribution in [3.63, 3.8) is 0 Å². The van der Waals surface area contributed by atoms with Gasteiger partial charge in [-0.25, -0.2) is 0 Å². The van der Waals surface area contributed by atoms with Crippen LogP contribution in [0.3, 0.4) is 0 Å². The summed E-state index contributed by atoms with van der Waals surface area (Å²) in [5.74, 6) is -0.153. The third-order valence-corrected chi connectivity index (χ3v) is 3.13. The van der Waals surface area contributed by atoms with Crippen LogP contribution in [0, 0.1) is 0 Å². The minimum atomic E-state index is -0.411. The number of ether oxygens (including phenoxy) is 1. The Kier molecular flexibility index (Phi) is 3.94. The van der Waals surface area contributed by atoms with Gasteiger partial charge in [-0.2, -0.15) is 0 Å². The molecule has 0 radical (unpaired) electrons. The van der Waals surface area contributed by atoms with Crippen LogP contribution in [0.5, 0.6) is 5.75 Å². The maximum absolute atomic E-state index is 12.5. The summed E-state index contributed by atoms with van der Waals surface area (Å²) in [4.78, 5) is 12.5. The van der Waals surface area contributed by atoms with E-state index < -0.39 is 5.92 Å². The highest BCUT2D eigenvalue weighted by atomic mass is 16.5. The van der Waals surface area contributed by atoms with Crippen molar-refractivity contribution in [2.24, 2.45) is 0 Å². The summed E-state index contributed by atoms with van der Waals surface area (Å²) in [5.41, 5.74) is 1.21. The van der Waals surface area contributed by atoms with Gasteiger partial charge in [0.15, 0.2) is 5.78 Å². The Labute approximate surface area is 117 Å². The van der Waals surface area contributed by atoms with Crippen LogP contribution in [-0.2, 0) is 9.53 Å². The molecule has 1 saturated heterocycles. The van der Waals surface area contributed by atoms with Crippen molar-refractivity contribution in [3.8, 4) is 5.75 Å². The number of benzene rings is 1. The van der Waals surface area contributed by atoms with E-state index in [1.165, 1.54) is 6.08 Å². The zero-order valence-corrected chi connectivity index (χ0v) is 11.2. The molecule has 0 aliphatic carbocycles. The predicted octanol–water partition coefficient (Wildman–Crippen LogP) is 2.98. The zero-order valence-electron chi connectivity index (χ0n) is 11.2. The molecule has 20 heavy (non-hydrogen) atoms. The Balaban J connectivity index is 2.31. The smallest absolute Gasteiger partial charge is 0.177 e. The van der Waals surface area contributed by atoms with Crippen LogP contribution in [0.1, 0.15) is 18.4 Å². The fraction of sp³-hybridized carbons (Fsp3) is 0.188. The quantitative estimate of drug-likeness (QED) is 0.641. The lowest BCUT2D eigenvalue weighted by Gasteiger charge is -2.26. The largest absolute Gasteiger partial charge is 0.508 e. The number of carbonyl (C=O) groups excluding carboxylic acids is 1. The van der Waals surface area contributed by atoms with E-state index in [1.54, 1.807) is 37.3 Å². The summed E-state index contributed by atoms with van der Waals surface area (Å²) in [5, 5.41) is 18.5. The van der Waals surface area contributed by atoms with Crippen molar-refractivity contribution in [2.75, 3.05) is 6.61 Å². The van der Waals surface area contributed by atoms with Crippen molar-refractivity contribution >= 4 is 5.78 Å². The van der Waals surface area contributed by atoms with Crippen LogP contribution in [0.25, 0.3) is 0 Å². The molecule has 0 bridgehead atoms. The first-order chi connectivity index (χ1) is 9.52. The lowest BCUT2D eigenvalue weighted by atomic mass is 9.88. The van der Waals surface area contributed by atoms with Crippen LogP contribution in [-0.4, -0.2) is 22.6 Å². The number of allylic oxidation sites excluding steroid dienone is 3. The Morgan fingerprint density at radius 1 is 1.40 bits per heavy atom. The van der Waals surface area contributed by atoms with Crippen LogP contribution in [0.2, 0.25) is 0 Å². The van der Waals surface area contributed by atoms with Crippen molar-refractivity contribution in [3.05, 3.63) is 65.7 Å². The molecule has 0 amide bonds. The van der Waals surface area contributed by atoms with E-state index in [4.69, 9.17) is 4.74 Å². The standard InChI is InChI=1S/C16H16O4/c1-3-13-15(8-10(2)17)20-9-14(16(13)19)11-4-6-12(18)7-5-11/h3-8,14,17-18H,2,9H2,1H3/b13-3+,15-8+. The van der Waals surface area contributed by atoms with E-state index in [1.807, 2.05) is 0 Å². The SMILES string of the molecule is C=C(O)/C=C1/OCC(c2ccc(O)cc2)C(=O)/C1=C/C. The van der Waals surface area contributed by atoms with Crippen molar-refractivity contribution in [1.82, 2.24) is 0 Å². The third-order valence-electron chi connectivity index (χ3n) is 3.13. The van der Waals surface area contributed by atoms with E-state index in [0.717, 1.165) is 5.56 Å². The lowest BCUT2D eigenvalue weighted by Crippen LogP contribution is -2.27. The molecule has 1 aromatic carbocycles. The molecular weight excluding hydrogens is 256 g/mol. The second-order valence-electron chi connectivity index (χ2n) is 4.52. The Hall–Kier alpha value is -2.49. The van der Waals surface area contributed by atoms with Gasteiger partial charge in [0.25, 0.3) is 0 Å². The summed E-state index contributed by atoms with van der Waals surface area (Å²) in [6.07, 6.45) is 2.99. The van der Waals surface area contributed by atoms with Crippen LogP contribution < -0.4 is 0 Å². The fourth-order valence-corrected chi connectivity index (χ4v) is 2.15. The Bertz CT molecular complexity index is 593. The van der Waals surface area contributed by atoms with Crippen molar-refractivity contribution < 1.29 is 19.7 Å². The molecule has 1 fully saturated rings. The van der Waals surface area contributed by atoms with E-state index in [0.29, 0.717) is 11.3 Å². The van der Waals surface area contributed by atoms with Crippen molar-refractivity contribution in [2.45, 2.75) is 12.8 Å². The number of phenolic OH excluding ortho intramolecular Hbond substituents is 1. The number of ketones is 1. The molecule has 0 aromatic heterocycles. The molecule has 1 unspecified atom stereocenters. The first-order valence-corrected chi connectivity index (χ1v) is 6.25. The van der Waals surface area contributed by atoms with Crippen LogP contribution in [0.15, 0.2) is 60.1 Å². The maximum atomic E-state index is 12.5. The number of phenols is 1. The molecule has 1 heterocycles. The first-order valence-electron chi connectivity index (χ1n) is 6.25. The molecule has 0 spiro atoms. The molecule has 4 heteroatoms. The first kappa shape index (κ1) is 13.9. The topological polar surface area (TPSA) is 66.8 Å². The average molecular weight is 272 g/mol. The molecular formula is C16H16O4. The normalized spacial score (nSPS) is 22.9. The molecule has 4 nitrogen and oxygen atoms in total. The highest BCUT2D eigenvalue weighted by molar-refractivity contribution is 6.04. The van der Waals surface area contributed by atoms with Gasteiger partial charge in [-0.15, -0.1) is 0 Å². The second-order valence-corrected chi connectivity index (χ2v) is 4.52. The average Bonchev–Trinajstić information content (AvgIpc) is 2.40. The number of hydrogen-bond acceptors (Lipinski definition) is 4. The summed E-state index contributed by atoms with van der Waals surface area (Å²) in [6, 6.07) is 6.49. The van der Waals surface area contributed by atoms with Crippen molar-refractivity contribution in [1.29, 1.82) is 0 Å². The summed E-state index contributed by atoms with van der Waals surface area (Å²) >= 11 is 0. The van der Waals surface area contributed by atoms with Gasteiger partial charge in [0.2, 0.25) is 0 Å². The number of hydrogen-bond donors (Lipinski definition) is 2.